The molecule has 0 saturated carbocycles. The van der Waals surface area contributed by atoms with Crippen LogP contribution in [-0.2, 0) is 0 Å². The van der Waals surface area contributed by atoms with Crippen LogP contribution in [0.25, 0.3) is 0 Å². The van der Waals surface area contributed by atoms with E-state index >= 15 is 0 Å². The van der Waals surface area contributed by atoms with E-state index in [2.05, 4.69) is 9.72 Å². The monoisotopic (exact) mass is 268 g/mol. The minimum atomic E-state index is -4.47. The predicted octanol–water partition coefficient (Wildman–Crippen LogP) is 2.48. The van der Waals surface area contributed by atoms with Crippen LogP contribution in [0, 0.1) is 0 Å². The molecule has 18 heavy (non-hydrogen) atoms. The Morgan fingerprint density at radius 1 is 1.33 bits per heavy atom. The van der Waals surface area contributed by atoms with E-state index in [0.29, 0.717) is 0 Å². The highest BCUT2D eigenvalue weighted by Crippen LogP contribution is 2.37. The van der Waals surface area contributed by atoms with Crippen molar-refractivity contribution in [2.75, 3.05) is 24.6 Å². The highest BCUT2D eigenvalue weighted by molar-refractivity contribution is 5.59. The van der Waals surface area contributed by atoms with E-state index in [1.54, 1.807) is 0 Å². The number of nitrogens with zero attached hydrogens (tertiary/aromatic N) is 2. The number of rotatable bonds is 3. The molecular formula is C10H9F5N2O. The number of ether oxygens (including phenoxy) is 1. The molecule has 1 saturated heterocycles. The number of hydrogen-bond acceptors (Lipinski definition) is 3. The Hall–Kier alpha value is -1.60. The van der Waals surface area contributed by atoms with E-state index in [9.17, 15) is 22.0 Å². The maximum Gasteiger partial charge on any atom is 0.422 e. The average Bonchev–Trinajstić information content (AvgIpc) is 2.22. The van der Waals surface area contributed by atoms with E-state index in [-0.39, 0.29) is 11.4 Å². The number of alkyl halides is 5. The molecule has 0 unspecified atom stereocenters. The highest BCUT2D eigenvalue weighted by Gasteiger charge is 2.45. The van der Waals surface area contributed by atoms with Crippen LogP contribution in [0.1, 0.15) is 0 Å². The molecule has 1 aliphatic heterocycles. The minimum absolute atomic E-state index is 0.0992. The summed E-state index contributed by atoms with van der Waals surface area (Å²) >= 11 is 0. The summed E-state index contributed by atoms with van der Waals surface area (Å²) in [6.07, 6.45) is -2.02. The van der Waals surface area contributed by atoms with Crippen molar-refractivity contribution in [3.8, 4) is 5.75 Å². The third-order valence-corrected chi connectivity index (χ3v) is 2.34. The Balaban J connectivity index is 2.07. The van der Waals surface area contributed by atoms with Crippen LogP contribution in [0.4, 0.5) is 27.6 Å². The van der Waals surface area contributed by atoms with Gasteiger partial charge in [-0.25, -0.2) is 8.78 Å². The fourth-order valence-corrected chi connectivity index (χ4v) is 1.57. The second-order valence-corrected chi connectivity index (χ2v) is 3.96. The maximum absolute atomic E-state index is 12.7. The van der Waals surface area contributed by atoms with Crippen LogP contribution in [0.2, 0.25) is 0 Å². The second kappa shape index (κ2) is 4.25. The molecule has 0 radical (unpaired) electrons. The van der Waals surface area contributed by atoms with Gasteiger partial charge in [0.25, 0.3) is 5.92 Å². The summed E-state index contributed by atoms with van der Waals surface area (Å²) in [5, 5.41) is 0. The van der Waals surface area contributed by atoms with E-state index < -0.39 is 31.8 Å². The Bertz CT molecular complexity index is 427. The summed E-state index contributed by atoms with van der Waals surface area (Å²) in [6, 6.07) is 1.22. The van der Waals surface area contributed by atoms with Crippen molar-refractivity contribution in [2.45, 2.75) is 12.1 Å². The van der Waals surface area contributed by atoms with E-state index in [4.69, 9.17) is 0 Å². The van der Waals surface area contributed by atoms with Crippen molar-refractivity contribution in [2.24, 2.45) is 0 Å². The summed E-state index contributed by atoms with van der Waals surface area (Å²) in [7, 11) is 0. The highest BCUT2D eigenvalue weighted by atomic mass is 19.4. The van der Waals surface area contributed by atoms with Gasteiger partial charge >= 0.3 is 6.18 Å². The van der Waals surface area contributed by atoms with Gasteiger partial charge in [0.05, 0.1) is 25.0 Å². The van der Waals surface area contributed by atoms with Crippen LogP contribution >= 0.6 is 0 Å². The number of aromatic nitrogens is 1. The standard InChI is InChI=1S/C10H9F5N2O/c11-9(12)4-17(5-9)7-3-16-2-1-8(7)18-6-10(13,14)15/h1-3H,4-6H2. The molecule has 0 bridgehead atoms. The Labute approximate surface area is 99.2 Å². The number of halogens is 5. The fourth-order valence-electron chi connectivity index (χ4n) is 1.57. The predicted molar refractivity (Wildman–Crippen MR) is 52.9 cm³/mol. The molecule has 1 aromatic heterocycles. The van der Waals surface area contributed by atoms with Gasteiger partial charge in [-0.3, -0.25) is 4.98 Å². The zero-order valence-corrected chi connectivity index (χ0v) is 9.05. The van der Waals surface area contributed by atoms with Gasteiger partial charge in [-0.2, -0.15) is 13.2 Å². The van der Waals surface area contributed by atoms with E-state index in [1.807, 2.05) is 0 Å². The number of hydrogen-bond donors (Lipinski definition) is 0. The van der Waals surface area contributed by atoms with Crippen molar-refractivity contribution in [1.29, 1.82) is 0 Å². The SMILES string of the molecule is FC(F)(F)COc1ccncc1N1CC(F)(F)C1. The first-order valence-electron chi connectivity index (χ1n) is 5.03. The van der Waals surface area contributed by atoms with Gasteiger partial charge < -0.3 is 9.64 Å². The lowest BCUT2D eigenvalue weighted by atomic mass is 10.1. The molecule has 2 heterocycles. The first-order valence-corrected chi connectivity index (χ1v) is 5.03. The van der Waals surface area contributed by atoms with Crippen molar-refractivity contribution >= 4 is 5.69 Å². The summed E-state index contributed by atoms with van der Waals surface area (Å²) in [6.45, 7) is -2.55. The van der Waals surface area contributed by atoms with Crippen LogP contribution in [0.5, 0.6) is 5.75 Å². The molecule has 0 aromatic carbocycles. The lowest BCUT2D eigenvalue weighted by molar-refractivity contribution is -0.153. The molecule has 8 heteroatoms. The third-order valence-electron chi connectivity index (χ3n) is 2.34. The summed E-state index contributed by atoms with van der Waals surface area (Å²) in [5.41, 5.74) is 0.146. The first kappa shape index (κ1) is 12.8. The van der Waals surface area contributed by atoms with Gasteiger partial charge in [-0.1, -0.05) is 0 Å². The molecule has 2 rings (SSSR count). The van der Waals surface area contributed by atoms with Crippen molar-refractivity contribution in [3.63, 3.8) is 0 Å². The Morgan fingerprint density at radius 3 is 2.56 bits per heavy atom. The molecule has 100 valence electrons. The Kier molecular flexibility index (Phi) is 3.04. The minimum Gasteiger partial charge on any atom is -0.482 e. The second-order valence-electron chi connectivity index (χ2n) is 3.96. The topological polar surface area (TPSA) is 25.4 Å². The molecular weight excluding hydrogens is 259 g/mol. The molecule has 0 amide bonds. The number of anilines is 1. The van der Waals surface area contributed by atoms with Gasteiger partial charge in [-0.05, 0) is 0 Å². The van der Waals surface area contributed by atoms with Gasteiger partial charge in [0, 0.05) is 12.3 Å². The van der Waals surface area contributed by atoms with Crippen LogP contribution in [0.15, 0.2) is 18.5 Å². The summed E-state index contributed by atoms with van der Waals surface area (Å²) in [4.78, 5) is 4.91. The molecule has 0 atom stereocenters. The van der Waals surface area contributed by atoms with Gasteiger partial charge in [-0.15, -0.1) is 0 Å². The molecule has 1 aliphatic rings. The average molecular weight is 268 g/mol. The molecule has 1 aromatic rings. The molecule has 0 aliphatic carbocycles. The maximum atomic E-state index is 12.7. The Morgan fingerprint density at radius 2 is 2.00 bits per heavy atom. The van der Waals surface area contributed by atoms with Crippen LogP contribution < -0.4 is 9.64 Å². The third kappa shape index (κ3) is 2.99. The lowest BCUT2D eigenvalue weighted by Crippen LogP contribution is -2.56. The summed E-state index contributed by atoms with van der Waals surface area (Å²) < 4.78 is 66.0. The van der Waals surface area contributed by atoms with Crippen LogP contribution in [0.3, 0.4) is 0 Å². The van der Waals surface area contributed by atoms with Gasteiger partial charge in [0.1, 0.15) is 5.75 Å². The van der Waals surface area contributed by atoms with Gasteiger partial charge in [0.15, 0.2) is 6.61 Å². The normalized spacial score (nSPS) is 18.4. The molecule has 0 N–H and O–H groups in total. The molecule has 1 fully saturated rings. The lowest BCUT2D eigenvalue weighted by Gasteiger charge is -2.40. The van der Waals surface area contributed by atoms with Crippen molar-refractivity contribution in [3.05, 3.63) is 18.5 Å². The van der Waals surface area contributed by atoms with Gasteiger partial charge in [0.2, 0.25) is 0 Å². The zero-order valence-electron chi connectivity index (χ0n) is 9.05. The first-order chi connectivity index (χ1) is 8.27. The molecule has 3 nitrogen and oxygen atoms in total. The summed E-state index contributed by atoms with van der Waals surface area (Å²) in [5.74, 6) is -2.91. The largest absolute Gasteiger partial charge is 0.482 e. The quantitative estimate of drug-likeness (QED) is 0.787. The van der Waals surface area contributed by atoms with Crippen molar-refractivity contribution < 1.29 is 26.7 Å². The zero-order chi connectivity index (χ0) is 13.4. The fraction of sp³-hybridized carbons (Fsp3) is 0.500. The van der Waals surface area contributed by atoms with Crippen LogP contribution in [-0.4, -0.2) is 36.8 Å². The van der Waals surface area contributed by atoms with Crippen molar-refractivity contribution in [1.82, 2.24) is 4.98 Å². The number of pyridine rings is 1. The smallest absolute Gasteiger partial charge is 0.422 e. The molecule has 0 spiro atoms. The van der Waals surface area contributed by atoms with E-state index in [0.717, 1.165) is 0 Å². The van der Waals surface area contributed by atoms with E-state index in [1.165, 1.54) is 23.4 Å².